The van der Waals surface area contributed by atoms with Gasteiger partial charge in [0.1, 0.15) is 23.5 Å². The van der Waals surface area contributed by atoms with Gasteiger partial charge >= 0.3 is 5.97 Å². The van der Waals surface area contributed by atoms with Crippen LogP contribution in [-0.4, -0.2) is 91.5 Å². The topological polar surface area (TPSA) is 161 Å². The van der Waals surface area contributed by atoms with Crippen LogP contribution < -0.4 is 10.6 Å². The van der Waals surface area contributed by atoms with Gasteiger partial charge in [-0.3, -0.25) is 4.90 Å². The van der Waals surface area contributed by atoms with Gasteiger partial charge in [-0.1, -0.05) is 56.6 Å². The fourth-order valence-corrected chi connectivity index (χ4v) is 7.93. The zero-order valence-corrected chi connectivity index (χ0v) is 32.1. The molecule has 0 aliphatic carbocycles. The van der Waals surface area contributed by atoms with Gasteiger partial charge in [-0.2, -0.15) is 0 Å². The molecular weight excluding hydrogens is 684 g/mol. The number of esters is 1. The minimum atomic E-state index is -1.75. The first-order chi connectivity index (χ1) is 24.5. The van der Waals surface area contributed by atoms with Gasteiger partial charge in [-0.15, -0.1) is 0 Å². The van der Waals surface area contributed by atoms with Crippen LogP contribution in [0.5, 0.6) is 0 Å². The zero-order valence-electron chi connectivity index (χ0n) is 31.3. The number of cyclic esters (lactones) is 1. The third-order valence-corrected chi connectivity index (χ3v) is 10.8. The van der Waals surface area contributed by atoms with Crippen LogP contribution in [0, 0.1) is 11.8 Å². The number of hydrogen-bond donors (Lipinski definition) is 6. The van der Waals surface area contributed by atoms with E-state index in [9.17, 15) is 25.2 Å². The van der Waals surface area contributed by atoms with Crippen molar-refractivity contribution in [3.63, 3.8) is 0 Å². The number of anilines is 2. The standard InChI is InChI=1S/C40H55ClN4O7/c1-8-32-40(7,50)37(47)26(5)45(22-23(2)20-39(6,49)36(46)24(3)18-25(4)38(48)51-32)17-11-16-42-21-33-44-34-28-12-9-10-13-30(28)43-31-15-14-27(41)19-29(31)35(34)52-33/h9-10,12-15,18-19,23-24,26,32,36-37,42-43,46-47,49-50H,8,11,16-17,20-22H2,1-7H3/b25-18-/t23-,24+,26-,32-,36-,37-,39-,40-/m1/s1. The average molecular weight is 739 g/mol. The molecule has 6 N–H and O–H groups in total. The molecule has 5 rings (SSSR count). The summed E-state index contributed by atoms with van der Waals surface area (Å²) in [4.78, 5) is 20.0. The Morgan fingerprint density at radius 1 is 1.06 bits per heavy atom. The Morgan fingerprint density at radius 3 is 2.50 bits per heavy atom. The monoisotopic (exact) mass is 738 g/mol. The average Bonchev–Trinajstić information content (AvgIpc) is 3.47. The van der Waals surface area contributed by atoms with Crippen molar-refractivity contribution in [2.24, 2.45) is 11.8 Å². The molecule has 0 spiro atoms. The molecule has 12 heteroatoms. The van der Waals surface area contributed by atoms with E-state index in [1.54, 1.807) is 33.8 Å². The Bertz CT molecular complexity index is 1740. The summed E-state index contributed by atoms with van der Waals surface area (Å²) in [6, 6.07) is 13.1. The van der Waals surface area contributed by atoms with E-state index in [4.69, 9.17) is 25.7 Å². The van der Waals surface area contributed by atoms with Crippen molar-refractivity contribution >= 4 is 28.9 Å². The van der Waals surface area contributed by atoms with E-state index in [1.165, 1.54) is 6.92 Å². The van der Waals surface area contributed by atoms with Gasteiger partial charge in [-0.25, -0.2) is 9.78 Å². The number of ether oxygens (including phenoxy) is 1. The van der Waals surface area contributed by atoms with E-state index in [1.807, 2.05) is 56.3 Å². The number of nitrogens with zero attached hydrogens (tertiary/aromatic N) is 2. The van der Waals surface area contributed by atoms with Crippen LogP contribution in [0.3, 0.4) is 0 Å². The zero-order chi connectivity index (χ0) is 38.0. The second-order valence-corrected chi connectivity index (χ2v) is 15.6. The fraction of sp³-hybridized carbons (Fsp3) is 0.550. The van der Waals surface area contributed by atoms with Crippen molar-refractivity contribution in [1.29, 1.82) is 0 Å². The van der Waals surface area contributed by atoms with Crippen molar-refractivity contribution in [2.45, 2.75) is 110 Å². The van der Waals surface area contributed by atoms with E-state index >= 15 is 0 Å². The normalized spacial score (nSPS) is 31.4. The Labute approximate surface area is 312 Å². The molecule has 8 atom stereocenters. The number of benzene rings is 2. The maximum atomic E-state index is 13.1. The highest BCUT2D eigenvalue weighted by Gasteiger charge is 2.45. The molecule has 0 saturated heterocycles. The molecule has 52 heavy (non-hydrogen) atoms. The molecule has 11 nitrogen and oxygen atoms in total. The number of oxazole rings is 1. The third kappa shape index (κ3) is 8.73. The van der Waals surface area contributed by atoms with Gasteiger partial charge in [0.05, 0.1) is 18.2 Å². The van der Waals surface area contributed by atoms with Gasteiger partial charge in [0.15, 0.2) is 5.76 Å². The smallest absolute Gasteiger partial charge is 0.333 e. The summed E-state index contributed by atoms with van der Waals surface area (Å²) in [5.74, 6) is -0.0846. The SMILES string of the molecule is CC[C@H]1OC(=O)/C(C)=C\[C@H](C)[C@@H](O)[C@](C)(O)C[C@@H](C)CN(CCCNCc2nc3c(o2)-c2cc(Cl)ccc2Nc2ccccc2-3)[C@H](C)[C@@H](O)[C@]1(C)O. The number of aromatic nitrogens is 1. The van der Waals surface area contributed by atoms with Crippen LogP contribution >= 0.6 is 11.6 Å². The van der Waals surface area contributed by atoms with Crippen molar-refractivity contribution in [3.8, 4) is 22.6 Å². The van der Waals surface area contributed by atoms with Crippen molar-refractivity contribution in [1.82, 2.24) is 15.2 Å². The van der Waals surface area contributed by atoms with Crippen LogP contribution in [0.25, 0.3) is 22.6 Å². The number of carbonyl (C=O) groups is 1. The maximum Gasteiger partial charge on any atom is 0.333 e. The van der Waals surface area contributed by atoms with Gasteiger partial charge < -0.3 is 40.2 Å². The largest absolute Gasteiger partial charge is 0.456 e. The van der Waals surface area contributed by atoms with Crippen LogP contribution in [-0.2, 0) is 16.1 Å². The molecular formula is C40H55ClN4O7. The summed E-state index contributed by atoms with van der Waals surface area (Å²) in [6.45, 7) is 14.1. The minimum Gasteiger partial charge on any atom is -0.456 e. The second kappa shape index (κ2) is 16.4. The lowest BCUT2D eigenvalue weighted by Gasteiger charge is -2.43. The molecule has 0 amide bonds. The molecule has 3 heterocycles. The first-order valence-corrected chi connectivity index (χ1v) is 18.7. The molecule has 2 aliphatic heterocycles. The first kappa shape index (κ1) is 39.9. The molecule has 0 radical (unpaired) electrons. The van der Waals surface area contributed by atoms with Crippen LogP contribution in [0.4, 0.5) is 11.4 Å². The van der Waals surface area contributed by atoms with E-state index in [2.05, 4.69) is 15.5 Å². The molecule has 1 aromatic heterocycles. The highest BCUT2D eigenvalue weighted by atomic mass is 35.5. The summed E-state index contributed by atoms with van der Waals surface area (Å²) >= 11 is 6.38. The first-order valence-electron chi connectivity index (χ1n) is 18.3. The number of hydrogen-bond acceptors (Lipinski definition) is 11. The summed E-state index contributed by atoms with van der Waals surface area (Å²) in [5, 5.41) is 53.3. The molecule has 3 aromatic rings. The maximum absolute atomic E-state index is 13.1. The van der Waals surface area contributed by atoms with Gasteiger partial charge in [0, 0.05) is 51.6 Å². The predicted molar refractivity (Wildman–Crippen MR) is 203 cm³/mol. The molecule has 0 unspecified atom stereocenters. The highest BCUT2D eigenvalue weighted by molar-refractivity contribution is 6.31. The van der Waals surface area contributed by atoms with Crippen molar-refractivity contribution < 1.29 is 34.4 Å². The van der Waals surface area contributed by atoms with Crippen molar-refractivity contribution in [2.75, 3.05) is 25.0 Å². The summed E-state index contributed by atoms with van der Waals surface area (Å²) < 4.78 is 12.1. The van der Waals surface area contributed by atoms with Gasteiger partial charge in [0.25, 0.3) is 0 Å². The molecule has 0 fully saturated rings. The lowest BCUT2D eigenvalue weighted by molar-refractivity contribution is -0.183. The summed E-state index contributed by atoms with van der Waals surface area (Å²) in [6.07, 6.45) is -0.530. The van der Waals surface area contributed by atoms with Gasteiger partial charge in [-0.05, 0) is 90.2 Å². The number of fused-ring (bicyclic) bond motifs is 5. The Hall–Kier alpha value is -3.29. The molecule has 0 saturated carbocycles. The second-order valence-electron chi connectivity index (χ2n) is 15.2. The molecule has 2 aliphatic rings. The lowest BCUT2D eigenvalue weighted by Crippen LogP contribution is -2.59. The lowest BCUT2D eigenvalue weighted by atomic mass is 9.81. The Balaban J connectivity index is 1.31. The number of halogens is 1. The Kier molecular flexibility index (Phi) is 12.6. The number of rotatable bonds is 7. The van der Waals surface area contributed by atoms with E-state index in [0.717, 1.165) is 28.2 Å². The number of aliphatic hydroxyl groups is 4. The van der Waals surface area contributed by atoms with Crippen LogP contribution in [0.15, 0.2) is 58.5 Å². The van der Waals surface area contributed by atoms with Crippen molar-refractivity contribution in [3.05, 3.63) is 65.0 Å². The Morgan fingerprint density at radius 2 is 1.77 bits per heavy atom. The number of nitrogens with one attached hydrogen (secondary N) is 2. The number of para-hydroxylation sites is 1. The third-order valence-electron chi connectivity index (χ3n) is 10.6. The summed E-state index contributed by atoms with van der Waals surface area (Å²) in [7, 11) is 0. The quantitative estimate of drug-likeness (QED) is 0.0967. The minimum absolute atomic E-state index is 0.0871. The van der Waals surface area contributed by atoms with Gasteiger partial charge in [0.2, 0.25) is 5.89 Å². The number of carbonyl (C=O) groups excluding carboxylic acids is 1. The van der Waals surface area contributed by atoms with E-state index in [-0.39, 0.29) is 24.3 Å². The molecule has 284 valence electrons. The number of aliphatic hydroxyl groups excluding tert-OH is 2. The fourth-order valence-electron chi connectivity index (χ4n) is 7.75. The predicted octanol–water partition coefficient (Wildman–Crippen LogP) is 6.06. The van der Waals surface area contributed by atoms with E-state index < -0.39 is 47.4 Å². The van der Waals surface area contributed by atoms with E-state index in [0.29, 0.717) is 49.3 Å². The molecule has 0 bridgehead atoms. The highest BCUT2D eigenvalue weighted by Crippen LogP contribution is 2.45. The van der Waals surface area contributed by atoms with Crippen LogP contribution in [0.2, 0.25) is 5.02 Å². The molecule has 2 aromatic carbocycles. The van der Waals surface area contributed by atoms with Crippen LogP contribution in [0.1, 0.15) is 73.6 Å². The summed E-state index contributed by atoms with van der Waals surface area (Å²) in [5.41, 5.74) is 1.38.